The fourth-order valence-corrected chi connectivity index (χ4v) is 10.3. The second kappa shape index (κ2) is 8.26. The number of aliphatic hydroxyl groups is 3. The molecule has 0 radical (unpaired) electrons. The number of ether oxygens (including phenoxy) is 1. The predicted molar refractivity (Wildman–Crippen MR) is 131 cm³/mol. The third-order valence-electron chi connectivity index (χ3n) is 12.1. The molecular formula is C29H48O5. The summed E-state index contributed by atoms with van der Waals surface area (Å²) in [4.78, 5) is 13.6. The first-order valence-corrected chi connectivity index (χ1v) is 14.1. The van der Waals surface area contributed by atoms with Crippen LogP contribution in [0.4, 0.5) is 0 Å². The summed E-state index contributed by atoms with van der Waals surface area (Å²) in [5.41, 5.74) is -0.398. The molecule has 4 aliphatic carbocycles. The molecule has 1 aliphatic heterocycles. The summed E-state index contributed by atoms with van der Waals surface area (Å²) in [6.45, 7) is 13.2. The van der Waals surface area contributed by atoms with E-state index in [-0.39, 0.29) is 52.6 Å². The van der Waals surface area contributed by atoms with Crippen LogP contribution in [0, 0.1) is 52.3 Å². The molecule has 5 aliphatic rings. The van der Waals surface area contributed by atoms with Crippen molar-refractivity contribution in [2.45, 2.75) is 123 Å². The summed E-state index contributed by atoms with van der Waals surface area (Å²) in [7, 11) is 0. The zero-order valence-electron chi connectivity index (χ0n) is 22.2. The first kappa shape index (κ1) is 25.2. The Morgan fingerprint density at radius 1 is 1.03 bits per heavy atom. The number of hydrogen-bond donors (Lipinski definition) is 3. The maximum atomic E-state index is 13.6. The van der Waals surface area contributed by atoms with Crippen LogP contribution in [-0.2, 0) is 9.53 Å². The van der Waals surface area contributed by atoms with Crippen LogP contribution in [0.1, 0.15) is 92.9 Å². The molecule has 3 N–H and O–H groups in total. The zero-order chi connectivity index (χ0) is 24.8. The molecule has 1 heterocycles. The van der Waals surface area contributed by atoms with Crippen LogP contribution in [-0.4, -0.2) is 51.1 Å². The maximum Gasteiger partial charge on any atom is 0.136 e. The van der Waals surface area contributed by atoms with Crippen LogP contribution in [0.5, 0.6) is 0 Å². The highest BCUT2D eigenvalue weighted by molar-refractivity contribution is 5.83. The van der Waals surface area contributed by atoms with Gasteiger partial charge in [-0.25, -0.2) is 0 Å². The number of carbonyl (C=O) groups excluding carboxylic acids is 1. The Labute approximate surface area is 206 Å². The van der Waals surface area contributed by atoms with Gasteiger partial charge in [0.25, 0.3) is 0 Å². The normalized spacial score (nSPS) is 54.2. The van der Waals surface area contributed by atoms with Crippen molar-refractivity contribution < 1.29 is 24.9 Å². The summed E-state index contributed by atoms with van der Waals surface area (Å²) < 4.78 is 5.93. The third-order valence-corrected chi connectivity index (χ3v) is 12.1. The molecule has 5 heteroatoms. The van der Waals surface area contributed by atoms with E-state index in [0.717, 1.165) is 32.1 Å². The second-order valence-electron chi connectivity index (χ2n) is 13.9. The quantitative estimate of drug-likeness (QED) is 0.513. The molecule has 34 heavy (non-hydrogen) atoms. The number of fused-ring (bicyclic) bond motifs is 5. The molecule has 1 saturated heterocycles. The molecule has 5 rings (SSSR count). The molecule has 0 spiro atoms. The SMILES string of the molecule is CC(C)[C@]1([C@@H](O)C[C@@H](C)[C@@H]2[C@@H](O)C[C@H]3[C@@H]4C(=O)C[C@H]5C[C@@H](O)CC[C@]5(C)[C@H]4CC[C@]23C)O[C@@H]1C. The van der Waals surface area contributed by atoms with Crippen molar-refractivity contribution in [3.63, 3.8) is 0 Å². The zero-order valence-corrected chi connectivity index (χ0v) is 22.2. The Morgan fingerprint density at radius 3 is 2.29 bits per heavy atom. The van der Waals surface area contributed by atoms with Gasteiger partial charge in [0.05, 0.1) is 24.4 Å². The van der Waals surface area contributed by atoms with Gasteiger partial charge in [-0.05, 0) is 98.2 Å². The number of hydrogen-bond acceptors (Lipinski definition) is 5. The summed E-state index contributed by atoms with van der Waals surface area (Å²) >= 11 is 0. The lowest BCUT2D eigenvalue weighted by Gasteiger charge is -2.60. The molecule has 13 atom stereocenters. The van der Waals surface area contributed by atoms with Crippen LogP contribution < -0.4 is 0 Å². The Hall–Kier alpha value is -0.490. The number of rotatable bonds is 5. The molecule has 0 bridgehead atoms. The van der Waals surface area contributed by atoms with Gasteiger partial charge in [0.2, 0.25) is 0 Å². The lowest BCUT2D eigenvalue weighted by Crippen LogP contribution is -2.57. The third kappa shape index (κ3) is 3.43. The monoisotopic (exact) mass is 476 g/mol. The number of ketones is 1. The Kier molecular flexibility index (Phi) is 6.12. The molecular weight excluding hydrogens is 428 g/mol. The van der Waals surface area contributed by atoms with Gasteiger partial charge < -0.3 is 20.1 Å². The minimum Gasteiger partial charge on any atom is -0.393 e. The molecule has 0 amide bonds. The predicted octanol–water partition coefficient (Wildman–Crippen LogP) is 4.36. The average Bonchev–Trinajstić information content (AvgIpc) is 3.36. The van der Waals surface area contributed by atoms with Crippen molar-refractivity contribution in [3.05, 3.63) is 0 Å². The molecule has 4 saturated carbocycles. The van der Waals surface area contributed by atoms with Crippen molar-refractivity contribution in [1.82, 2.24) is 0 Å². The molecule has 5 nitrogen and oxygen atoms in total. The Balaban J connectivity index is 1.37. The van der Waals surface area contributed by atoms with Crippen molar-refractivity contribution in [1.29, 1.82) is 0 Å². The van der Waals surface area contributed by atoms with Gasteiger partial charge in [-0.2, -0.15) is 0 Å². The largest absolute Gasteiger partial charge is 0.393 e. The first-order valence-electron chi connectivity index (χ1n) is 14.1. The fourth-order valence-electron chi connectivity index (χ4n) is 10.3. The van der Waals surface area contributed by atoms with E-state index in [9.17, 15) is 20.1 Å². The Bertz CT molecular complexity index is 812. The number of carbonyl (C=O) groups is 1. The van der Waals surface area contributed by atoms with Crippen molar-refractivity contribution >= 4 is 5.78 Å². The standard InChI is InChI=1S/C29H48O5/c1-15(2)29(17(4)34-29)24(33)11-16(3)26-23(32)14-21-25-20(8-10-28(21,26)6)27(5)9-7-19(30)12-18(27)13-22(25)31/h15-21,23-26,30,32-33H,7-14H2,1-6H3/t16-,17-,18-,19+,20+,21+,23+,24+,25-,26-,27+,28+,29+/m1/s1. The lowest BCUT2D eigenvalue weighted by molar-refractivity contribution is -0.161. The van der Waals surface area contributed by atoms with Crippen LogP contribution in [0.3, 0.4) is 0 Å². The van der Waals surface area contributed by atoms with E-state index >= 15 is 0 Å². The Morgan fingerprint density at radius 2 is 1.68 bits per heavy atom. The number of Topliss-reactive ketones (excluding diaryl/α,β-unsaturated/α-hetero) is 1. The van der Waals surface area contributed by atoms with Crippen molar-refractivity contribution in [2.24, 2.45) is 52.3 Å². The molecule has 0 aromatic rings. The number of aliphatic hydroxyl groups excluding tert-OH is 3. The van der Waals surface area contributed by atoms with E-state index in [1.807, 2.05) is 6.92 Å². The summed E-state index contributed by atoms with van der Waals surface area (Å²) in [5.74, 6) is 1.84. The van der Waals surface area contributed by atoms with E-state index in [1.54, 1.807) is 0 Å². The molecule has 0 aromatic carbocycles. The fraction of sp³-hybridized carbons (Fsp3) is 0.966. The van der Waals surface area contributed by atoms with Crippen LogP contribution in [0.2, 0.25) is 0 Å². The van der Waals surface area contributed by atoms with Crippen LogP contribution in [0.15, 0.2) is 0 Å². The second-order valence-corrected chi connectivity index (χ2v) is 13.9. The lowest BCUT2D eigenvalue weighted by atomic mass is 9.44. The van der Waals surface area contributed by atoms with Gasteiger partial charge in [0, 0.05) is 12.3 Å². The van der Waals surface area contributed by atoms with Gasteiger partial charge in [0.1, 0.15) is 11.4 Å². The van der Waals surface area contributed by atoms with E-state index in [2.05, 4.69) is 34.6 Å². The number of epoxide rings is 1. The topological polar surface area (TPSA) is 90.3 Å². The molecule has 0 aromatic heterocycles. The molecule has 194 valence electrons. The smallest absolute Gasteiger partial charge is 0.136 e. The van der Waals surface area contributed by atoms with Gasteiger partial charge in [-0.15, -0.1) is 0 Å². The van der Waals surface area contributed by atoms with Crippen LogP contribution in [0.25, 0.3) is 0 Å². The summed E-state index contributed by atoms with van der Waals surface area (Å²) in [6.07, 6.45) is 5.52. The van der Waals surface area contributed by atoms with Gasteiger partial charge in [0.15, 0.2) is 0 Å². The summed E-state index contributed by atoms with van der Waals surface area (Å²) in [6, 6.07) is 0. The minimum atomic E-state index is -0.534. The first-order chi connectivity index (χ1) is 15.9. The highest BCUT2D eigenvalue weighted by Crippen LogP contribution is 2.67. The highest BCUT2D eigenvalue weighted by atomic mass is 16.6. The molecule has 5 fully saturated rings. The van der Waals surface area contributed by atoms with Gasteiger partial charge in [-0.1, -0.05) is 34.6 Å². The average molecular weight is 477 g/mol. The van der Waals surface area contributed by atoms with Gasteiger partial charge >= 0.3 is 0 Å². The maximum absolute atomic E-state index is 13.6. The van der Waals surface area contributed by atoms with E-state index in [4.69, 9.17) is 4.74 Å². The highest BCUT2D eigenvalue weighted by Gasteiger charge is 2.66. The van der Waals surface area contributed by atoms with Crippen molar-refractivity contribution in [2.75, 3.05) is 0 Å². The van der Waals surface area contributed by atoms with E-state index in [1.165, 1.54) is 0 Å². The van der Waals surface area contributed by atoms with Crippen molar-refractivity contribution in [3.8, 4) is 0 Å². The van der Waals surface area contributed by atoms with E-state index in [0.29, 0.717) is 36.9 Å². The van der Waals surface area contributed by atoms with Gasteiger partial charge in [-0.3, -0.25) is 4.79 Å². The van der Waals surface area contributed by atoms with Crippen LogP contribution >= 0.6 is 0 Å². The molecule has 0 unspecified atom stereocenters. The minimum absolute atomic E-state index is 0.0424. The van der Waals surface area contributed by atoms with E-state index < -0.39 is 17.8 Å². The summed E-state index contributed by atoms with van der Waals surface area (Å²) in [5, 5.41) is 32.9.